The van der Waals surface area contributed by atoms with Crippen molar-refractivity contribution in [3.8, 4) is 0 Å². The van der Waals surface area contributed by atoms with E-state index in [-0.39, 0.29) is 0 Å². The minimum absolute atomic E-state index is 0.356. The highest BCUT2D eigenvalue weighted by molar-refractivity contribution is 5.73. The van der Waals surface area contributed by atoms with Gasteiger partial charge in [0, 0.05) is 19.4 Å². The molecular weight excluding hydrogens is 209 g/mol. The Kier molecular flexibility index (Phi) is 2.68. The van der Waals surface area contributed by atoms with Gasteiger partial charge in [0.2, 0.25) is 0 Å². The second-order valence-corrected chi connectivity index (χ2v) is 3.25. The van der Waals surface area contributed by atoms with Crippen molar-refractivity contribution in [1.29, 1.82) is 0 Å². The van der Waals surface area contributed by atoms with E-state index in [9.17, 15) is 9.18 Å². The van der Waals surface area contributed by atoms with Crippen LogP contribution in [0.15, 0.2) is 36.8 Å². The third-order valence-corrected chi connectivity index (χ3v) is 2.30. The van der Waals surface area contributed by atoms with E-state index < -0.39 is 5.82 Å². The molecule has 0 unspecified atom stereocenters. The summed E-state index contributed by atoms with van der Waals surface area (Å²) in [5.41, 5.74) is 0.813. The molecule has 0 aliphatic heterocycles. The monoisotopic (exact) mass is 219 g/mol. The third kappa shape index (κ3) is 1.67. The molecule has 0 fully saturated rings. The molecule has 0 N–H and O–H groups in total. The fraction of sp³-hybridized carbons (Fsp3) is 0.0909. The lowest BCUT2D eigenvalue weighted by atomic mass is 10.4. The van der Waals surface area contributed by atoms with E-state index in [0.717, 1.165) is 12.5 Å². The number of rotatable bonds is 3. The van der Waals surface area contributed by atoms with Crippen LogP contribution < -0.4 is 5.01 Å². The topological polar surface area (TPSA) is 38.1 Å². The predicted octanol–water partition coefficient (Wildman–Crippen LogP) is 1.73. The van der Waals surface area contributed by atoms with Gasteiger partial charge in [-0.25, -0.2) is 4.39 Å². The van der Waals surface area contributed by atoms with Crippen LogP contribution in [0.4, 0.5) is 10.1 Å². The first-order valence-corrected chi connectivity index (χ1v) is 4.70. The molecule has 0 radical (unpaired) electrons. The third-order valence-electron chi connectivity index (χ3n) is 2.30. The van der Waals surface area contributed by atoms with Crippen LogP contribution >= 0.6 is 0 Å². The predicted molar refractivity (Wildman–Crippen MR) is 57.8 cm³/mol. The number of carbonyl (C=O) groups is 1. The lowest BCUT2D eigenvalue weighted by Crippen LogP contribution is -2.26. The molecule has 0 aromatic carbocycles. The summed E-state index contributed by atoms with van der Waals surface area (Å²) < 4.78 is 15.0. The standard InChI is InChI=1S/C11H10FN3O/c1-14(11-4-5-13-7-10(11)12)15-6-2-3-9(15)8-16/h2-8H,1H3. The summed E-state index contributed by atoms with van der Waals surface area (Å²) >= 11 is 0. The van der Waals surface area contributed by atoms with Crippen LogP contribution in [-0.2, 0) is 0 Å². The second kappa shape index (κ2) is 4.14. The zero-order chi connectivity index (χ0) is 11.5. The fourth-order valence-electron chi connectivity index (χ4n) is 1.50. The largest absolute Gasteiger partial charge is 0.296 e. The molecule has 0 spiro atoms. The van der Waals surface area contributed by atoms with Gasteiger partial charge >= 0.3 is 0 Å². The maximum absolute atomic E-state index is 13.5. The number of nitrogens with zero attached hydrogens (tertiary/aromatic N) is 3. The Hall–Kier alpha value is -2.17. The Morgan fingerprint density at radius 1 is 1.50 bits per heavy atom. The molecule has 0 amide bonds. The smallest absolute Gasteiger partial charge is 0.168 e. The van der Waals surface area contributed by atoms with Crippen LogP contribution in [0.2, 0.25) is 0 Å². The molecule has 4 nitrogen and oxygen atoms in total. The van der Waals surface area contributed by atoms with E-state index in [1.807, 2.05) is 0 Å². The second-order valence-electron chi connectivity index (χ2n) is 3.25. The van der Waals surface area contributed by atoms with E-state index in [0.29, 0.717) is 11.4 Å². The zero-order valence-corrected chi connectivity index (χ0v) is 8.67. The van der Waals surface area contributed by atoms with E-state index in [1.54, 1.807) is 41.1 Å². The van der Waals surface area contributed by atoms with Crippen molar-refractivity contribution >= 4 is 12.0 Å². The molecular formula is C11H10FN3O. The quantitative estimate of drug-likeness (QED) is 0.738. The summed E-state index contributed by atoms with van der Waals surface area (Å²) in [7, 11) is 1.67. The number of pyridine rings is 1. The van der Waals surface area contributed by atoms with Gasteiger partial charge in [-0.05, 0) is 18.2 Å². The number of hydrogen-bond donors (Lipinski definition) is 0. The Morgan fingerprint density at radius 2 is 2.31 bits per heavy atom. The first kappa shape index (κ1) is 10.4. The van der Waals surface area contributed by atoms with Gasteiger partial charge < -0.3 is 0 Å². The summed E-state index contributed by atoms with van der Waals surface area (Å²) in [4.78, 5) is 14.4. The molecule has 0 atom stereocenters. The van der Waals surface area contributed by atoms with Gasteiger partial charge in [0.05, 0.1) is 11.9 Å². The molecule has 82 valence electrons. The van der Waals surface area contributed by atoms with E-state index in [2.05, 4.69) is 4.98 Å². The summed E-state index contributed by atoms with van der Waals surface area (Å²) in [6, 6.07) is 4.92. The summed E-state index contributed by atoms with van der Waals surface area (Å²) in [5, 5.41) is 1.54. The molecule has 0 saturated heterocycles. The van der Waals surface area contributed by atoms with Crippen molar-refractivity contribution in [3.63, 3.8) is 0 Å². The van der Waals surface area contributed by atoms with Crippen LogP contribution in [0.1, 0.15) is 10.5 Å². The van der Waals surface area contributed by atoms with E-state index >= 15 is 0 Å². The van der Waals surface area contributed by atoms with Crippen molar-refractivity contribution < 1.29 is 9.18 Å². The van der Waals surface area contributed by atoms with E-state index in [4.69, 9.17) is 0 Å². The van der Waals surface area contributed by atoms with Crippen LogP contribution in [0.5, 0.6) is 0 Å². The molecule has 0 saturated carbocycles. The fourth-order valence-corrected chi connectivity index (χ4v) is 1.50. The van der Waals surface area contributed by atoms with Crippen LogP contribution in [-0.4, -0.2) is 23.0 Å². The lowest BCUT2D eigenvalue weighted by molar-refractivity contribution is 0.111. The molecule has 2 aromatic heterocycles. The van der Waals surface area contributed by atoms with Crippen molar-refractivity contribution in [3.05, 3.63) is 48.3 Å². The van der Waals surface area contributed by atoms with Crippen LogP contribution in [0.3, 0.4) is 0 Å². The number of aromatic nitrogens is 2. The molecule has 16 heavy (non-hydrogen) atoms. The molecule has 0 aliphatic carbocycles. The molecule has 2 rings (SSSR count). The molecule has 0 bridgehead atoms. The average molecular weight is 219 g/mol. The zero-order valence-electron chi connectivity index (χ0n) is 8.67. The Labute approximate surface area is 91.9 Å². The van der Waals surface area contributed by atoms with Crippen molar-refractivity contribution in [1.82, 2.24) is 9.66 Å². The van der Waals surface area contributed by atoms with Gasteiger partial charge in [-0.2, -0.15) is 0 Å². The van der Waals surface area contributed by atoms with Crippen molar-refractivity contribution in [2.24, 2.45) is 0 Å². The maximum Gasteiger partial charge on any atom is 0.168 e. The van der Waals surface area contributed by atoms with Gasteiger partial charge in [0.25, 0.3) is 0 Å². The van der Waals surface area contributed by atoms with Gasteiger partial charge in [0.1, 0.15) is 5.69 Å². The highest BCUT2D eigenvalue weighted by Crippen LogP contribution is 2.17. The van der Waals surface area contributed by atoms with E-state index in [1.165, 1.54) is 6.20 Å². The van der Waals surface area contributed by atoms with Gasteiger partial charge in [-0.3, -0.25) is 19.5 Å². The highest BCUT2D eigenvalue weighted by Gasteiger charge is 2.10. The summed E-state index contributed by atoms with van der Waals surface area (Å²) in [6.07, 6.45) is 5.04. The molecule has 2 aromatic rings. The maximum atomic E-state index is 13.5. The molecule has 2 heterocycles. The van der Waals surface area contributed by atoms with Crippen LogP contribution in [0.25, 0.3) is 0 Å². The summed E-state index contributed by atoms with van der Waals surface area (Å²) in [6.45, 7) is 0. The van der Waals surface area contributed by atoms with Gasteiger partial charge in [-0.15, -0.1) is 0 Å². The molecule has 5 heteroatoms. The Balaban J connectivity index is 2.43. The lowest BCUT2D eigenvalue weighted by Gasteiger charge is -2.22. The summed E-state index contributed by atoms with van der Waals surface area (Å²) in [5.74, 6) is -0.435. The van der Waals surface area contributed by atoms with Gasteiger partial charge in [0.15, 0.2) is 12.1 Å². The van der Waals surface area contributed by atoms with Gasteiger partial charge in [-0.1, -0.05) is 0 Å². The first-order chi connectivity index (χ1) is 7.74. The number of carbonyl (C=O) groups excluding carboxylic acids is 1. The minimum Gasteiger partial charge on any atom is -0.296 e. The Morgan fingerprint density at radius 3 is 3.00 bits per heavy atom. The highest BCUT2D eigenvalue weighted by atomic mass is 19.1. The van der Waals surface area contributed by atoms with Crippen LogP contribution in [0, 0.1) is 5.82 Å². The SMILES string of the molecule is CN(c1ccncc1F)n1cccc1C=O. The number of anilines is 1. The Bertz CT molecular complexity index is 509. The normalized spacial score (nSPS) is 10.1. The molecule has 0 aliphatic rings. The van der Waals surface area contributed by atoms with Crippen molar-refractivity contribution in [2.45, 2.75) is 0 Å². The average Bonchev–Trinajstić information content (AvgIpc) is 2.77. The number of hydrogen-bond acceptors (Lipinski definition) is 3. The number of aldehydes is 1. The first-order valence-electron chi connectivity index (χ1n) is 4.70. The minimum atomic E-state index is -0.435. The van der Waals surface area contributed by atoms with Crippen molar-refractivity contribution in [2.75, 3.05) is 12.1 Å². The number of halogens is 1.